The highest BCUT2D eigenvalue weighted by atomic mass is 16.2. The zero-order valence-corrected chi connectivity index (χ0v) is 12.8. The van der Waals surface area contributed by atoms with E-state index in [0.717, 1.165) is 31.4 Å². The van der Waals surface area contributed by atoms with Crippen molar-refractivity contribution in [2.24, 2.45) is 0 Å². The Labute approximate surface area is 126 Å². The van der Waals surface area contributed by atoms with Crippen LogP contribution in [0.5, 0.6) is 0 Å². The van der Waals surface area contributed by atoms with E-state index in [1.54, 1.807) is 0 Å². The molecule has 1 aromatic carbocycles. The molecule has 2 rings (SSSR count). The van der Waals surface area contributed by atoms with Gasteiger partial charge in [-0.15, -0.1) is 0 Å². The molecule has 1 aliphatic rings. The van der Waals surface area contributed by atoms with Crippen LogP contribution < -0.4 is 5.32 Å². The highest BCUT2D eigenvalue weighted by Gasteiger charge is 2.29. The lowest BCUT2D eigenvalue weighted by Gasteiger charge is -2.28. The zero-order valence-electron chi connectivity index (χ0n) is 12.8. The highest BCUT2D eigenvalue weighted by Crippen LogP contribution is 2.15. The van der Waals surface area contributed by atoms with E-state index in [2.05, 4.69) is 5.32 Å². The molecule has 1 heterocycles. The highest BCUT2D eigenvalue weighted by molar-refractivity contribution is 5.88. The fraction of sp³-hybridized carbons (Fsp3) is 0.529. The van der Waals surface area contributed by atoms with Crippen molar-refractivity contribution in [2.45, 2.75) is 51.6 Å². The number of hydrogen-bond donors (Lipinski definition) is 1. The van der Waals surface area contributed by atoms with Gasteiger partial charge in [0, 0.05) is 12.6 Å². The summed E-state index contributed by atoms with van der Waals surface area (Å²) in [4.78, 5) is 26.5. The second kappa shape index (κ2) is 7.25. The molecule has 1 unspecified atom stereocenters. The molecule has 1 aromatic rings. The van der Waals surface area contributed by atoms with Crippen LogP contribution in [0.2, 0.25) is 0 Å². The molecule has 0 bridgehead atoms. The van der Waals surface area contributed by atoms with Crippen LogP contribution in [0.15, 0.2) is 30.3 Å². The molecule has 1 atom stereocenters. The Bertz CT molecular complexity index is 485. The molecular formula is C17H24N2O2. The van der Waals surface area contributed by atoms with Crippen LogP contribution >= 0.6 is 0 Å². The van der Waals surface area contributed by atoms with Crippen LogP contribution in [0.3, 0.4) is 0 Å². The van der Waals surface area contributed by atoms with Gasteiger partial charge in [0.15, 0.2) is 0 Å². The Balaban J connectivity index is 1.97. The maximum Gasteiger partial charge on any atom is 0.245 e. The molecule has 4 heteroatoms. The van der Waals surface area contributed by atoms with Gasteiger partial charge in [-0.05, 0) is 38.7 Å². The maximum atomic E-state index is 12.5. The third-order valence-corrected chi connectivity index (χ3v) is 3.89. The van der Waals surface area contributed by atoms with Crippen molar-refractivity contribution in [1.29, 1.82) is 0 Å². The van der Waals surface area contributed by atoms with Crippen LogP contribution in [-0.2, 0) is 16.0 Å². The first-order valence-electron chi connectivity index (χ1n) is 7.71. The van der Waals surface area contributed by atoms with Gasteiger partial charge in [0.25, 0.3) is 0 Å². The normalized spacial score (nSPS) is 19.5. The standard InChI is InChI=1S/C17H24N2O2/c1-13(2)19-11-7-6-10-15(17(19)21)18-16(20)12-14-8-4-3-5-9-14/h3-5,8-9,13,15H,6-7,10-12H2,1-2H3,(H,18,20). The predicted molar refractivity (Wildman–Crippen MR) is 82.8 cm³/mol. The SMILES string of the molecule is CC(C)N1CCCCC(NC(=O)Cc2ccccc2)C1=O. The molecule has 0 aliphatic carbocycles. The van der Waals surface area contributed by atoms with Crippen molar-refractivity contribution in [3.8, 4) is 0 Å². The number of likely N-dealkylation sites (tertiary alicyclic amines) is 1. The summed E-state index contributed by atoms with van der Waals surface area (Å²) in [5.41, 5.74) is 0.969. The van der Waals surface area contributed by atoms with Gasteiger partial charge >= 0.3 is 0 Å². The molecule has 2 amide bonds. The first kappa shape index (κ1) is 15.5. The molecule has 0 saturated carbocycles. The molecular weight excluding hydrogens is 264 g/mol. The summed E-state index contributed by atoms with van der Waals surface area (Å²) >= 11 is 0. The number of hydrogen-bond acceptors (Lipinski definition) is 2. The number of carbonyl (C=O) groups excluding carboxylic acids is 2. The van der Waals surface area contributed by atoms with Crippen LogP contribution in [0, 0.1) is 0 Å². The van der Waals surface area contributed by atoms with Gasteiger partial charge in [-0.2, -0.15) is 0 Å². The van der Waals surface area contributed by atoms with Crippen molar-refractivity contribution in [3.05, 3.63) is 35.9 Å². The van der Waals surface area contributed by atoms with Gasteiger partial charge in [-0.1, -0.05) is 30.3 Å². The summed E-state index contributed by atoms with van der Waals surface area (Å²) in [5.74, 6) is -0.0194. The van der Waals surface area contributed by atoms with Crippen LogP contribution in [0.4, 0.5) is 0 Å². The van der Waals surface area contributed by atoms with E-state index in [4.69, 9.17) is 0 Å². The Morgan fingerprint density at radius 1 is 1.29 bits per heavy atom. The van der Waals surface area contributed by atoms with Crippen molar-refractivity contribution in [2.75, 3.05) is 6.54 Å². The average Bonchev–Trinajstić information content (AvgIpc) is 2.63. The van der Waals surface area contributed by atoms with E-state index in [-0.39, 0.29) is 23.9 Å². The lowest BCUT2D eigenvalue weighted by atomic mass is 10.1. The number of benzene rings is 1. The molecule has 0 aromatic heterocycles. The molecule has 0 spiro atoms. The third kappa shape index (κ3) is 4.31. The summed E-state index contributed by atoms with van der Waals surface area (Å²) < 4.78 is 0. The summed E-state index contributed by atoms with van der Waals surface area (Å²) in [6.07, 6.45) is 3.05. The van der Waals surface area contributed by atoms with E-state index in [1.165, 1.54) is 0 Å². The van der Waals surface area contributed by atoms with E-state index in [9.17, 15) is 9.59 Å². The van der Waals surface area contributed by atoms with Gasteiger partial charge in [0.2, 0.25) is 11.8 Å². The summed E-state index contributed by atoms with van der Waals surface area (Å²) in [6.45, 7) is 4.83. The fourth-order valence-corrected chi connectivity index (χ4v) is 2.74. The smallest absolute Gasteiger partial charge is 0.245 e. The van der Waals surface area contributed by atoms with E-state index >= 15 is 0 Å². The van der Waals surface area contributed by atoms with Crippen molar-refractivity contribution >= 4 is 11.8 Å². The molecule has 0 radical (unpaired) electrons. The van der Waals surface area contributed by atoms with Crippen molar-refractivity contribution < 1.29 is 9.59 Å². The van der Waals surface area contributed by atoms with Gasteiger partial charge < -0.3 is 10.2 Å². The first-order chi connectivity index (χ1) is 10.1. The largest absolute Gasteiger partial charge is 0.344 e. The summed E-state index contributed by atoms with van der Waals surface area (Å²) in [7, 11) is 0. The van der Waals surface area contributed by atoms with Crippen LogP contribution in [0.25, 0.3) is 0 Å². The average molecular weight is 288 g/mol. The number of carbonyl (C=O) groups is 2. The van der Waals surface area contributed by atoms with Crippen molar-refractivity contribution in [1.82, 2.24) is 10.2 Å². The Morgan fingerprint density at radius 3 is 2.67 bits per heavy atom. The Hall–Kier alpha value is -1.84. The van der Waals surface area contributed by atoms with E-state index in [1.807, 2.05) is 49.1 Å². The molecule has 1 fully saturated rings. The first-order valence-corrected chi connectivity index (χ1v) is 7.71. The minimum atomic E-state index is -0.369. The monoisotopic (exact) mass is 288 g/mol. The molecule has 21 heavy (non-hydrogen) atoms. The number of amides is 2. The van der Waals surface area contributed by atoms with E-state index in [0.29, 0.717) is 6.42 Å². The fourth-order valence-electron chi connectivity index (χ4n) is 2.74. The number of rotatable bonds is 4. The minimum Gasteiger partial charge on any atom is -0.344 e. The molecule has 114 valence electrons. The Kier molecular flexibility index (Phi) is 5.37. The van der Waals surface area contributed by atoms with Gasteiger partial charge in [-0.3, -0.25) is 9.59 Å². The topological polar surface area (TPSA) is 49.4 Å². The number of nitrogens with zero attached hydrogens (tertiary/aromatic N) is 1. The lowest BCUT2D eigenvalue weighted by molar-refractivity contribution is -0.137. The Morgan fingerprint density at radius 2 is 2.00 bits per heavy atom. The molecule has 1 aliphatic heterocycles. The third-order valence-electron chi connectivity index (χ3n) is 3.89. The second-order valence-corrected chi connectivity index (χ2v) is 5.90. The predicted octanol–water partition coefficient (Wildman–Crippen LogP) is 2.13. The van der Waals surface area contributed by atoms with Crippen LogP contribution in [-0.4, -0.2) is 35.3 Å². The number of nitrogens with one attached hydrogen (secondary N) is 1. The van der Waals surface area contributed by atoms with E-state index < -0.39 is 0 Å². The molecule has 4 nitrogen and oxygen atoms in total. The molecule has 1 N–H and O–H groups in total. The summed E-state index contributed by atoms with van der Waals surface area (Å²) in [6, 6.07) is 9.43. The second-order valence-electron chi connectivity index (χ2n) is 5.90. The van der Waals surface area contributed by atoms with Crippen LogP contribution in [0.1, 0.15) is 38.7 Å². The lowest BCUT2D eigenvalue weighted by Crippen LogP contribution is -2.49. The maximum absolute atomic E-state index is 12.5. The van der Waals surface area contributed by atoms with Crippen molar-refractivity contribution in [3.63, 3.8) is 0 Å². The summed E-state index contributed by atoms with van der Waals surface area (Å²) in [5, 5.41) is 2.91. The van der Waals surface area contributed by atoms with Gasteiger partial charge in [-0.25, -0.2) is 0 Å². The van der Waals surface area contributed by atoms with Gasteiger partial charge in [0.1, 0.15) is 6.04 Å². The zero-order chi connectivity index (χ0) is 15.2. The minimum absolute atomic E-state index is 0.0592. The van der Waals surface area contributed by atoms with Gasteiger partial charge in [0.05, 0.1) is 6.42 Å². The molecule has 1 saturated heterocycles. The quantitative estimate of drug-likeness (QED) is 0.922.